The lowest BCUT2D eigenvalue weighted by molar-refractivity contribution is -0.255. The van der Waals surface area contributed by atoms with Crippen LogP contribution in [0.15, 0.2) is 30.3 Å². The highest BCUT2D eigenvalue weighted by molar-refractivity contribution is 5.89. The Labute approximate surface area is 114 Å². The summed E-state index contributed by atoms with van der Waals surface area (Å²) in [5.41, 5.74) is -0.0992. The summed E-state index contributed by atoms with van der Waals surface area (Å²) in [4.78, 5) is 18.9. The van der Waals surface area contributed by atoms with Crippen LogP contribution >= 0.6 is 0 Å². The molecule has 0 amide bonds. The van der Waals surface area contributed by atoms with Gasteiger partial charge in [-0.3, -0.25) is 0 Å². The predicted octanol–water partition coefficient (Wildman–Crippen LogP) is 0.650. The molecule has 7 nitrogen and oxygen atoms in total. The molecule has 0 aliphatic rings. The molecule has 7 heteroatoms. The van der Waals surface area contributed by atoms with Gasteiger partial charge < -0.3 is 24.1 Å². The molecule has 2 aromatic rings. The van der Waals surface area contributed by atoms with Gasteiger partial charge in [-0.25, -0.2) is 0 Å². The van der Waals surface area contributed by atoms with Crippen molar-refractivity contribution in [2.24, 2.45) is 0 Å². The number of carboxylic acid groups (broad SMARTS) is 1. The van der Waals surface area contributed by atoms with Crippen LogP contribution in [0.25, 0.3) is 0 Å². The third kappa shape index (κ3) is 2.94. The van der Waals surface area contributed by atoms with E-state index in [1.54, 1.807) is 12.1 Å². The normalized spacial score (nSPS) is 9.90. The summed E-state index contributed by atoms with van der Waals surface area (Å²) < 4.78 is 15.3. The average Bonchev–Trinajstić information content (AvgIpc) is 2.47. The van der Waals surface area contributed by atoms with Crippen LogP contribution in [0.5, 0.6) is 23.5 Å². The van der Waals surface area contributed by atoms with Crippen molar-refractivity contribution in [2.45, 2.75) is 0 Å². The third-order valence-electron chi connectivity index (χ3n) is 2.39. The monoisotopic (exact) mass is 275 g/mol. The molecule has 20 heavy (non-hydrogen) atoms. The van der Waals surface area contributed by atoms with Gasteiger partial charge >= 0.3 is 6.01 Å². The van der Waals surface area contributed by atoms with Crippen LogP contribution in [0, 0.1) is 0 Å². The molecule has 0 spiro atoms. The summed E-state index contributed by atoms with van der Waals surface area (Å²) in [7, 11) is 2.86. The van der Waals surface area contributed by atoms with Crippen LogP contribution in [-0.2, 0) is 0 Å². The van der Waals surface area contributed by atoms with E-state index in [0.29, 0.717) is 0 Å². The van der Waals surface area contributed by atoms with Gasteiger partial charge in [0.15, 0.2) is 0 Å². The Hall–Kier alpha value is -2.83. The zero-order valence-electron chi connectivity index (χ0n) is 10.8. The fraction of sp³-hybridized carbons (Fsp3) is 0.154. The van der Waals surface area contributed by atoms with Crippen molar-refractivity contribution in [2.75, 3.05) is 14.2 Å². The molecule has 104 valence electrons. The Kier molecular flexibility index (Phi) is 3.99. The standard InChI is InChI=1S/C13H12N2O5/c1-18-10-7-11(19-2)15-13(14-10)20-9-6-4-3-5-8(9)12(16)17/h3-7H,1-2H3,(H,16,17)/p-1. The smallest absolute Gasteiger partial charge is 0.328 e. The highest BCUT2D eigenvalue weighted by Gasteiger charge is 2.10. The van der Waals surface area contributed by atoms with Crippen LogP contribution in [-0.4, -0.2) is 30.2 Å². The van der Waals surface area contributed by atoms with Crippen molar-refractivity contribution >= 4 is 5.97 Å². The molecule has 0 saturated carbocycles. The molecule has 1 aromatic carbocycles. The molecule has 0 atom stereocenters. The van der Waals surface area contributed by atoms with E-state index in [4.69, 9.17) is 14.2 Å². The number of ether oxygens (including phenoxy) is 3. The van der Waals surface area contributed by atoms with Crippen molar-refractivity contribution < 1.29 is 24.1 Å². The van der Waals surface area contributed by atoms with Crippen LogP contribution < -0.4 is 19.3 Å². The number of aromatic carboxylic acids is 1. The second-order valence-electron chi connectivity index (χ2n) is 3.62. The third-order valence-corrected chi connectivity index (χ3v) is 2.39. The van der Waals surface area contributed by atoms with E-state index in [2.05, 4.69) is 9.97 Å². The molecule has 0 aliphatic heterocycles. The highest BCUT2D eigenvalue weighted by Crippen LogP contribution is 2.25. The lowest BCUT2D eigenvalue weighted by atomic mass is 10.2. The minimum atomic E-state index is -1.35. The molecular weight excluding hydrogens is 264 g/mol. The Morgan fingerprint density at radius 2 is 1.70 bits per heavy atom. The fourth-order valence-electron chi connectivity index (χ4n) is 1.46. The van der Waals surface area contributed by atoms with Crippen molar-refractivity contribution in [3.63, 3.8) is 0 Å². The van der Waals surface area contributed by atoms with E-state index in [1.807, 2.05) is 0 Å². The molecule has 0 radical (unpaired) electrons. The van der Waals surface area contributed by atoms with Crippen LogP contribution in [0.1, 0.15) is 10.4 Å². The van der Waals surface area contributed by atoms with Crippen molar-refractivity contribution in [1.29, 1.82) is 0 Å². The van der Waals surface area contributed by atoms with Gasteiger partial charge in [0.2, 0.25) is 11.8 Å². The summed E-state index contributed by atoms with van der Waals surface area (Å²) in [5, 5.41) is 11.0. The number of para-hydroxylation sites is 1. The highest BCUT2D eigenvalue weighted by atomic mass is 16.5. The Morgan fingerprint density at radius 3 is 2.25 bits per heavy atom. The fourth-order valence-corrected chi connectivity index (χ4v) is 1.46. The zero-order chi connectivity index (χ0) is 14.5. The summed E-state index contributed by atoms with van der Waals surface area (Å²) in [6.07, 6.45) is 0. The Bertz CT molecular complexity index is 608. The number of nitrogens with zero attached hydrogens (tertiary/aromatic N) is 2. The number of hydrogen-bond acceptors (Lipinski definition) is 7. The van der Waals surface area contributed by atoms with E-state index in [9.17, 15) is 9.90 Å². The number of rotatable bonds is 5. The van der Waals surface area contributed by atoms with E-state index in [1.165, 1.54) is 32.4 Å². The first kappa shape index (κ1) is 13.6. The maximum atomic E-state index is 11.0. The first-order valence-electron chi connectivity index (χ1n) is 5.59. The largest absolute Gasteiger partial charge is 0.545 e. The predicted molar refractivity (Wildman–Crippen MR) is 66.0 cm³/mol. The van der Waals surface area contributed by atoms with E-state index >= 15 is 0 Å². The number of aromatic nitrogens is 2. The molecular formula is C13H11N2O5-. The lowest BCUT2D eigenvalue weighted by Crippen LogP contribution is -2.22. The van der Waals surface area contributed by atoms with Crippen molar-refractivity contribution in [1.82, 2.24) is 9.97 Å². The maximum absolute atomic E-state index is 11.0. The first-order valence-corrected chi connectivity index (χ1v) is 5.59. The summed E-state index contributed by atoms with van der Waals surface area (Å²) >= 11 is 0. The number of methoxy groups -OCH3 is 2. The molecule has 0 unspecified atom stereocenters. The second-order valence-corrected chi connectivity index (χ2v) is 3.62. The van der Waals surface area contributed by atoms with Crippen LogP contribution in [0.3, 0.4) is 0 Å². The molecule has 2 rings (SSSR count). The molecule has 1 heterocycles. The molecule has 1 aromatic heterocycles. The van der Waals surface area contributed by atoms with Gasteiger partial charge in [0, 0.05) is 5.56 Å². The van der Waals surface area contributed by atoms with E-state index in [-0.39, 0.29) is 29.1 Å². The van der Waals surface area contributed by atoms with E-state index in [0.717, 1.165) is 0 Å². The van der Waals surface area contributed by atoms with Gasteiger partial charge in [0.1, 0.15) is 5.75 Å². The number of carboxylic acids is 1. The van der Waals surface area contributed by atoms with Gasteiger partial charge in [-0.2, -0.15) is 9.97 Å². The SMILES string of the molecule is COc1cc(OC)nc(Oc2ccccc2C(=O)[O-])n1. The van der Waals surface area contributed by atoms with Gasteiger partial charge in [0.25, 0.3) is 0 Å². The molecule has 0 saturated heterocycles. The van der Waals surface area contributed by atoms with E-state index < -0.39 is 5.97 Å². The quantitative estimate of drug-likeness (QED) is 0.790. The number of carbonyl (C=O) groups excluding carboxylic acids is 1. The minimum Gasteiger partial charge on any atom is -0.545 e. The van der Waals surface area contributed by atoms with Crippen molar-refractivity contribution in [3.05, 3.63) is 35.9 Å². The second kappa shape index (κ2) is 5.87. The molecule has 0 bridgehead atoms. The Morgan fingerprint density at radius 1 is 1.10 bits per heavy atom. The Balaban J connectivity index is 2.37. The summed E-state index contributed by atoms with van der Waals surface area (Å²) in [5.74, 6) is -0.811. The van der Waals surface area contributed by atoms with Crippen LogP contribution in [0.2, 0.25) is 0 Å². The van der Waals surface area contributed by atoms with Gasteiger partial charge in [-0.05, 0) is 12.1 Å². The number of hydrogen-bond donors (Lipinski definition) is 0. The molecule has 0 aliphatic carbocycles. The van der Waals surface area contributed by atoms with Gasteiger partial charge in [-0.1, -0.05) is 12.1 Å². The average molecular weight is 275 g/mol. The summed E-state index contributed by atoms with van der Waals surface area (Å²) in [6, 6.07) is 7.40. The topological polar surface area (TPSA) is 93.6 Å². The number of carbonyl (C=O) groups is 1. The molecule has 0 N–H and O–H groups in total. The molecule has 0 fully saturated rings. The van der Waals surface area contributed by atoms with Gasteiger partial charge in [0.05, 0.1) is 26.3 Å². The first-order chi connectivity index (χ1) is 9.63. The van der Waals surface area contributed by atoms with Crippen LogP contribution in [0.4, 0.5) is 0 Å². The lowest BCUT2D eigenvalue weighted by Gasteiger charge is -2.11. The summed E-state index contributed by atoms with van der Waals surface area (Å²) in [6.45, 7) is 0. The van der Waals surface area contributed by atoms with Crippen molar-refractivity contribution in [3.8, 4) is 23.5 Å². The van der Waals surface area contributed by atoms with Gasteiger partial charge in [-0.15, -0.1) is 0 Å². The maximum Gasteiger partial charge on any atom is 0.328 e. The number of benzene rings is 1. The zero-order valence-corrected chi connectivity index (χ0v) is 10.8. The minimum absolute atomic E-state index is 0.0720.